The van der Waals surface area contributed by atoms with E-state index < -0.39 is 8.07 Å². The Hall–Kier alpha value is -7.05. The van der Waals surface area contributed by atoms with Crippen molar-refractivity contribution in [1.82, 2.24) is 15.2 Å². The highest BCUT2D eigenvalue weighted by atomic mass is 28.3. The fourth-order valence-corrected chi connectivity index (χ4v) is 14.7. The van der Waals surface area contributed by atoms with Crippen LogP contribution in [0.4, 0.5) is 0 Å². The zero-order valence-corrected chi connectivity index (χ0v) is 35.7. The maximum atomic E-state index is 5.25. The molecule has 1 aliphatic heterocycles. The molecule has 2 unspecified atom stereocenters. The van der Waals surface area contributed by atoms with Crippen molar-refractivity contribution in [2.24, 2.45) is 4.99 Å². The summed E-state index contributed by atoms with van der Waals surface area (Å²) in [5.41, 5.74) is 9.90. The standard InChI is InChI=1S/C57H48N4Si/c1-6-18-42(19-7-1)55-58-56(43-20-8-2-9-21-43)60-57(59-55)44-30-35-46(36-31-44)61-53-29-17-16-28-51(53)52-40-45(34-39-54(52)61)41-32-37-50(38-33-41)62(47-22-10-3-11-23-47,48-24-12-4-13-25-48)49-26-14-5-15-27-49/h1,3-8,10-30,32-35,37-40,55-56,58H,2,9,31,36H2,(H,59,60). The van der Waals surface area contributed by atoms with Crippen LogP contribution in [0.5, 0.6) is 0 Å². The van der Waals surface area contributed by atoms with Crippen LogP contribution in [0, 0.1) is 0 Å². The van der Waals surface area contributed by atoms with E-state index in [9.17, 15) is 0 Å². The number of hydrogen-bond donors (Lipinski definition) is 2. The van der Waals surface area contributed by atoms with Crippen molar-refractivity contribution in [2.75, 3.05) is 0 Å². The second-order valence-electron chi connectivity index (χ2n) is 16.6. The van der Waals surface area contributed by atoms with Gasteiger partial charge < -0.3 is 9.88 Å². The molecule has 2 atom stereocenters. The molecule has 5 heteroatoms. The van der Waals surface area contributed by atoms with E-state index in [-0.39, 0.29) is 12.3 Å². The molecule has 300 valence electrons. The Balaban J connectivity index is 0.954. The van der Waals surface area contributed by atoms with Gasteiger partial charge >= 0.3 is 0 Å². The summed E-state index contributed by atoms with van der Waals surface area (Å²) >= 11 is 0. The molecule has 2 aliphatic carbocycles. The molecule has 1 aromatic heterocycles. The fraction of sp³-hybridized carbons (Fsp3) is 0.105. The Bertz CT molecular complexity index is 2950. The van der Waals surface area contributed by atoms with Gasteiger partial charge in [-0.15, -0.1) is 0 Å². The van der Waals surface area contributed by atoms with Crippen LogP contribution >= 0.6 is 0 Å². The van der Waals surface area contributed by atoms with E-state index in [2.05, 4.69) is 234 Å². The van der Waals surface area contributed by atoms with Gasteiger partial charge in [0.15, 0.2) is 8.07 Å². The van der Waals surface area contributed by atoms with Crippen LogP contribution in [-0.2, 0) is 0 Å². The highest BCUT2D eigenvalue weighted by molar-refractivity contribution is 7.19. The van der Waals surface area contributed by atoms with E-state index >= 15 is 0 Å². The average Bonchev–Trinajstić information content (AvgIpc) is 3.69. The molecule has 0 spiro atoms. The van der Waals surface area contributed by atoms with E-state index in [1.54, 1.807) is 0 Å². The number of benzene rings is 7. The number of allylic oxidation sites excluding steroid dienone is 5. The van der Waals surface area contributed by atoms with Gasteiger partial charge in [-0.1, -0.05) is 194 Å². The molecule has 11 rings (SSSR count). The smallest absolute Gasteiger partial charge is 0.179 e. The molecule has 2 N–H and O–H groups in total. The van der Waals surface area contributed by atoms with Gasteiger partial charge in [-0.3, -0.25) is 5.32 Å². The lowest BCUT2D eigenvalue weighted by Gasteiger charge is -2.34. The highest BCUT2D eigenvalue weighted by Gasteiger charge is 2.41. The van der Waals surface area contributed by atoms with Crippen molar-refractivity contribution in [1.29, 1.82) is 0 Å². The minimum Gasteiger partial charge on any atom is -0.351 e. The molecule has 0 bridgehead atoms. The zero-order valence-electron chi connectivity index (χ0n) is 34.7. The molecule has 0 fully saturated rings. The third-order valence-corrected chi connectivity index (χ3v) is 17.8. The van der Waals surface area contributed by atoms with Crippen LogP contribution in [0.2, 0.25) is 0 Å². The van der Waals surface area contributed by atoms with Crippen molar-refractivity contribution in [3.8, 4) is 11.1 Å². The molecular weight excluding hydrogens is 769 g/mol. The monoisotopic (exact) mass is 816 g/mol. The van der Waals surface area contributed by atoms with E-state index in [1.165, 1.54) is 76.1 Å². The van der Waals surface area contributed by atoms with Crippen LogP contribution in [-0.4, -0.2) is 24.6 Å². The Morgan fingerprint density at radius 3 is 1.76 bits per heavy atom. The van der Waals surface area contributed by atoms with Crippen molar-refractivity contribution >= 4 is 62.2 Å². The summed E-state index contributed by atoms with van der Waals surface area (Å²) in [4.78, 5) is 5.25. The number of rotatable bonds is 9. The SMILES string of the molecule is C1=CC(C2NC(C3=CC=C(n4c5ccccc5c5cc(-c6ccc([Si](c7ccccc7)(c7ccccc7)c7ccccc7)cc6)ccc54)CC3)=NC(c3ccccc3)N2)=CCC1. The second kappa shape index (κ2) is 16.4. The first-order valence-corrected chi connectivity index (χ1v) is 24.0. The van der Waals surface area contributed by atoms with Gasteiger partial charge in [-0.05, 0) is 98.5 Å². The molecule has 0 radical (unpaired) electrons. The normalized spacial score (nSPS) is 17.8. The average molecular weight is 817 g/mol. The van der Waals surface area contributed by atoms with Crippen molar-refractivity contribution < 1.29 is 0 Å². The number of para-hydroxylation sites is 1. The van der Waals surface area contributed by atoms with Crippen molar-refractivity contribution in [3.63, 3.8) is 0 Å². The van der Waals surface area contributed by atoms with Gasteiger partial charge in [0.25, 0.3) is 0 Å². The number of nitrogens with zero attached hydrogens (tertiary/aromatic N) is 2. The molecule has 4 nitrogen and oxygen atoms in total. The number of nitrogens with one attached hydrogen (secondary N) is 2. The first kappa shape index (κ1) is 37.9. The first-order chi connectivity index (χ1) is 30.7. The van der Waals surface area contributed by atoms with Gasteiger partial charge in [0.05, 0.1) is 11.0 Å². The summed E-state index contributed by atoms with van der Waals surface area (Å²) in [6.45, 7) is 0. The topological polar surface area (TPSA) is 41.4 Å². The maximum absolute atomic E-state index is 5.25. The van der Waals surface area contributed by atoms with Gasteiger partial charge in [0.2, 0.25) is 0 Å². The lowest BCUT2D eigenvalue weighted by molar-refractivity contribution is 0.439. The fourth-order valence-electron chi connectivity index (χ4n) is 10.00. The van der Waals surface area contributed by atoms with Crippen LogP contribution in [0.3, 0.4) is 0 Å². The summed E-state index contributed by atoms with van der Waals surface area (Å²) in [6, 6.07) is 69.4. The van der Waals surface area contributed by atoms with E-state index in [0.29, 0.717) is 0 Å². The summed E-state index contributed by atoms with van der Waals surface area (Å²) in [5.74, 6) is 0.979. The number of aliphatic imine (C=N–C) groups is 1. The molecular formula is C57H48N4Si. The van der Waals surface area contributed by atoms with Crippen LogP contribution in [0.15, 0.2) is 235 Å². The highest BCUT2D eigenvalue weighted by Crippen LogP contribution is 2.37. The van der Waals surface area contributed by atoms with Gasteiger partial charge in [0, 0.05) is 16.5 Å². The van der Waals surface area contributed by atoms with E-state index in [0.717, 1.165) is 31.5 Å². The Kier molecular flexibility index (Phi) is 10.0. The first-order valence-electron chi connectivity index (χ1n) is 22.0. The van der Waals surface area contributed by atoms with Gasteiger partial charge in [0.1, 0.15) is 18.2 Å². The molecule has 7 aromatic carbocycles. The number of fused-ring (bicyclic) bond motifs is 3. The Morgan fingerprint density at radius 1 is 0.532 bits per heavy atom. The van der Waals surface area contributed by atoms with Gasteiger partial charge in [-0.2, -0.15) is 0 Å². The predicted molar refractivity (Wildman–Crippen MR) is 263 cm³/mol. The number of aromatic nitrogens is 1. The van der Waals surface area contributed by atoms with Gasteiger partial charge in [-0.25, -0.2) is 4.99 Å². The number of amidine groups is 1. The Morgan fingerprint density at radius 2 is 1.13 bits per heavy atom. The summed E-state index contributed by atoms with van der Waals surface area (Å²) in [7, 11) is -2.60. The molecule has 62 heavy (non-hydrogen) atoms. The summed E-state index contributed by atoms with van der Waals surface area (Å²) in [5, 5.41) is 15.6. The minimum absolute atomic E-state index is 0.000486. The zero-order chi connectivity index (χ0) is 41.3. The van der Waals surface area contributed by atoms with E-state index in [1.807, 2.05) is 0 Å². The van der Waals surface area contributed by atoms with Crippen LogP contribution in [0.25, 0.3) is 38.6 Å². The Labute approximate surface area is 365 Å². The quantitative estimate of drug-likeness (QED) is 0.113. The third-order valence-electron chi connectivity index (χ3n) is 13.0. The van der Waals surface area contributed by atoms with Crippen LogP contribution in [0.1, 0.15) is 37.4 Å². The molecule has 3 aliphatic rings. The molecule has 0 saturated carbocycles. The lowest BCUT2D eigenvalue weighted by atomic mass is 9.98. The summed E-state index contributed by atoms with van der Waals surface area (Å²) in [6.07, 6.45) is 15.3. The molecule has 0 amide bonds. The predicted octanol–water partition coefficient (Wildman–Crippen LogP) is 10.3. The molecule has 0 saturated heterocycles. The molecule has 8 aromatic rings. The number of hydrogen-bond acceptors (Lipinski definition) is 3. The maximum Gasteiger partial charge on any atom is 0.179 e. The lowest BCUT2D eigenvalue weighted by Crippen LogP contribution is -2.74. The minimum atomic E-state index is -2.60. The van der Waals surface area contributed by atoms with Crippen molar-refractivity contribution in [3.05, 3.63) is 235 Å². The third kappa shape index (κ3) is 6.80. The molecule has 2 heterocycles. The van der Waals surface area contributed by atoms with Crippen molar-refractivity contribution in [2.45, 2.75) is 38.0 Å². The largest absolute Gasteiger partial charge is 0.351 e. The van der Waals surface area contributed by atoms with E-state index in [4.69, 9.17) is 4.99 Å². The summed E-state index contributed by atoms with van der Waals surface area (Å²) < 4.78 is 2.48. The van der Waals surface area contributed by atoms with Crippen LogP contribution < -0.4 is 31.4 Å². The second-order valence-corrected chi connectivity index (χ2v) is 20.4.